The van der Waals surface area contributed by atoms with E-state index in [9.17, 15) is 0 Å². The summed E-state index contributed by atoms with van der Waals surface area (Å²) in [5, 5.41) is 5.32. The van der Waals surface area contributed by atoms with E-state index in [2.05, 4.69) is 24.2 Å². The molecule has 2 N–H and O–H groups in total. The van der Waals surface area contributed by atoms with E-state index in [0.29, 0.717) is 12.2 Å². The summed E-state index contributed by atoms with van der Waals surface area (Å²) in [7, 11) is 0. The Hall–Kier alpha value is -2.26. The quantitative estimate of drug-likeness (QED) is 0.789. The first kappa shape index (κ1) is 13.7. The maximum absolute atomic E-state index is 6.10. The van der Waals surface area contributed by atoms with Crippen molar-refractivity contribution in [1.29, 1.82) is 0 Å². The molecule has 21 heavy (non-hydrogen) atoms. The molecule has 4 heteroatoms. The minimum atomic E-state index is 0.649. The van der Waals surface area contributed by atoms with Gasteiger partial charge in [-0.25, -0.2) is 0 Å². The Morgan fingerprint density at radius 3 is 2.71 bits per heavy atom. The summed E-state index contributed by atoms with van der Waals surface area (Å²) in [6.07, 6.45) is 1.86. The first-order valence-electron chi connectivity index (χ1n) is 6.76. The van der Waals surface area contributed by atoms with E-state index in [0.717, 1.165) is 21.8 Å². The Balaban J connectivity index is 1.91. The van der Waals surface area contributed by atoms with E-state index in [1.54, 1.807) is 0 Å². The molecule has 0 aliphatic heterocycles. The summed E-state index contributed by atoms with van der Waals surface area (Å²) in [5.74, 6) is 0. The molecule has 3 aromatic rings. The lowest BCUT2D eigenvalue weighted by atomic mass is 10.1. The van der Waals surface area contributed by atoms with Gasteiger partial charge in [-0.3, -0.25) is 4.68 Å². The average molecular weight is 298 g/mol. The lowest BCUT2D eigenvalue weighted by Crippen LogP contribution is -2.00. The highest BCUT2D eigenvalue weighted by Crippen LogP contribution is 2.25. The number of nitrogen functional groups attached to an aromatic ring is 1. The van der Waals surface area contributed by atoms with Crippen LogP contribution < -0.4 is 5.73 Å². The monoisotopic (exact) mass is 297 g/mol. The van der Waals surface area contributed by atoms with Crippen molar-refractivity contribution in [2.24, 2.45) is 0 Å². The average Bonchev–Trinajstić information content (AvgIpc) is 2.79. The standard InChI is InChI=1S/C17H16ClN3/c1-12-4-2-6-14(8-12)17-16(19)11-21(20-17)10-13-5-3-7-15(18)9-13/h2-9,11H,10,19H2,1H3. The first-order chi connectivity index (χ1) is 10.1. The maximum atomic E-state index is 6.10. The lowest BCUT2D eigenvalue weighted by Gasteiger charge is -2.02. The summed E-state index contributed by atoms with van der Waals surface area (Å²) >= 11 is 6.01. The number of halogens is 1. The van der Waals surface area contributed by atoms with Crippen molar-refractivity contribution in [3.63, 3.8) is 0 Å². The second-order valence-electron chi connectivity index (χ2n) is 5.13. The van der Waals surface area contributed by atoms with Gasteiger partial charge in [0.2, 0.25) is 0 Å². The van der Waals surface area contributed by atoms with Gasteiger partial charge in [0.15, 0.2) is 0 Å². The van der Waals surface area contributed by atoms with E-state index in [-0.39, 0.29) is 0 Å². The fourth-order valence-corrected chi connectivity index (χ4v) is 2.57. The van der Waals surface area contributed by atoms with Gasteiger partial charge < -0.3 is 5.73 Å². The van der Waals surface area contributed by atoms with Gasteiger partial charge in [0.25, 0.3) is 0 Å². The highest BCUT2D eigenvalue weighted by molar-refractivity contribution is 6.30. The highest BCUT2D eigenvalue weighted by atomic mass is 35.5. The molecule has 0 saturated carbocycles. The molecule has 3 nitrogen and oxygen atoms in total. The van der Waals surface area contributed by atoms with Crippen LogP contribution in [0.2, 0.25) is 5.02 Å². The first-order valence-corrected chi connectivity index (χ1v) is 7.14. The summed E-state index contributed by atoms with van der Waals surface area (Å²) in [6, 6.07) is 15.9. The Bertz CT molecular complexity index is 777. The van der Waals surface area contributed by atoms with Crippen LogP contribution in [-0.4, -0.2) is 9.78 Å². The number of rotatable bonds is 3. The second kappa shape index (κ2) is 5.62. The van der Waals surface area contributed by atoms with Gasteiger partial charge in [-0.1, -0.05) is 47.5 Å². The number of hydrogen-bond acceptors (Lipinski definition) is 2. The van der Waals surface area contributed by atoms with Gasteiger partial charge in [-0.2, -0.15) is 5.10 Å². The van der Waals surface area contributed by atoms with Gasteiger partial charge in [0.05, 0.1) is 12.2 Å². The molecular formula is C17H16ClN3. The van der Waals surface area contributed by atoms with Gasteiger partial charge in [-0.15, -0.1) is 0 Å². The van der Waals surface area contributed by atoms with Crippen LogP contribution >= 0.6 is 11.6 Å². The third kappa shape index (κ3) is 3.09. The zero-order valence-electron chi connectivity index (χ0n) is 11.8. The number of anilines is 1. The lowest BCUT2D eigenvalue weighted by molar-refractivity contribution is 0.689. The van der Waals surface area contributed by atoms with E-state index in [1.165, 1.54) is 5.56 Å². The fraction of sp³-hybridized carbons (Fsp3) is 0.118. The van der Waals surface area contributed by atoms with Crippen molar-refractivity contribution < 1.29 is 0 Å². The molecule has 0 bridgehead atoms. The largest absolute Gasteiger partial charge is 0.396 e. The summed E-state index contributed by atoms with van der Waals surface area (Å²) in [5.41, 5.74) is 10.9. The predicted molar refractivity (Wildman–Crippen MR) is 87.4 cm³/mol. The number of nitrogens with two attached hydrogens (primary N) is 1. The van der Waals surface area contributed by atoms with Crippen LogP contribution in [0.3, 0.4) is 0 Å². The van der Waals surface area contributed by atoms with Crippen LogP contribution in [0.4, 0.5) is 5.69 Å². The zero-order chi connectivity index (χ0) is 14.8. The SMILES string of the molecule is Cc1cccc(-c2nn(Cc3cccc(Cl)c3)cc2N)c1. The van der Waals surface area contributed by atoms with E-state index in [1.807, 2.05) is 47.3 Å². The van der Waals surface area contributed by atoms with Crippen LogP contribution in [0.5, 0.6) is 0 Å². The Kier molecular flexibility index (Phi) is 3.67. The van der Waals surface area contributed by atoms with Gasteiger partial charge >= 0.3 is 0 Å². The molecule has 2 aromatic carbocycles. The third-order valence-corrected chi connectivity index (χ3v) is 3.55. The second-order valence-corrected chi connectivity index (χ2v) is 5.57. The van der Waals surface area contributed by atoms with Crippen LogP contribution in [0.1, 0.15) is 11.1 Å². The Morgan fingerprint density at radius 2 is 1.95 bits per heavy atom. The highest BCUT2D eigenvalue weighted by Gasteiger charge is 2.09. The van der Waals surface area contributed by atoms with Crippen molar-refractivity contribution in [2.75, 3.05) is 5.73 Å². The topological polar surface area (TPSA) is 43.8 Å². The molecule has 0 aliphatic rings. The Labute approximate surface area is 129 Å². The van der Waals surface area contributed by atoms with E-state index >= 15 is 0 Å². The van der Waals surface area contributed by atoms with Crippen molar-refractivity contribution in [3.05, 3.63) is 70.9 Å². The van der Waals surface area contributed by atoms with Crippen molar-refractivity contribution in [2.45, 2.75) is 13.5 Å². The van der Waals surface area contributed by atoms with Crippen LogP contribution in [0, 0.1) is 6.92 Å². The molecule has 0 radical (unpaired) electrons. The molecule has 1 heterocycles. The zero-order valence-corrected chi connectivity index (χ0v) is 12.5. The smallest absolute Gasteiger partial charge is 0.115 e. The molecule has 0 saturated heterocycles. The van der Waals surface area contributed by atoms with Crippen LogP contribution in [-0.2, 0) is 6.54 Å². The van der Waals surface area contributed by atoms with Crippen LogP contribution in [0.25, 0.3) is 11.3 Å². The molecule has 0 aliphatic carbocycles. The molecule has 1 aromatic heterocycles. The number of aromatic nitrogens is 2. The van der Waals surface area contributed by atoms with Gasteiger partial charge in [0, 0.05) is 16.8 Å². The molecular weight excluding hydrogens is 282 g/mol. The van der Waals surface area contributed by atoms with Gasteiger partial charge in [0.1, 0.15) is 5.69 Å². The third-order valence-electron chi connectivity index (χ3n) is 3.32. The molecule has 3 rings (SSSR count). The van der Waals surface area contributed by atoms with Crippen molar-refractivity contribution >= 4 is 17.3 Å². The number of nitrogens with zero attached hydrogens (tertiary/aromatic N) is 2. The summed E-state index contributed by atoms with van der Waals surface area (Å²) in [6.45, 7) is 2.71. The molecule has 0 atom stereocenters. The summed E-state index contributed by atoms with van der Waals surface area (Å²) in [4.78, 5) is 0. The Morgan fingerprint density at radius 1 is 1.14 bits per heavy atom. The molecule has 106 valence electrons. The normalized spacial score (nSPS) is 10.8. The molecule has 0 spiro atoms. The van der Waals surface area contributed by atoms with Gasteiger partial charge in [-0.05, 0) is 30.7 Å². The van der Waals surface area contributed by atoms with Crippen LogP contribution in [0.15, 0.2) is 54.7 Å². The van der Waals surface area contributed by atoms with E-state index < -0.39 is 0 Å². The maximum Gasteiger partial charge on any atom is 0.115 e. The van der Waals surface area contributed by atoms with Crippen molar-refractivity contribution in [1.82, 2.24) is 9.78 Å². The number of aryl methyl sites for hydroxylation is 1. The minimum Gasteiger partial charge on any atom is -0.396 e. The number of benzene rings is 2. The summed E-state index contributed by atoms with van der Waals surface area (Å²) < 4.78 is 1.85. The number of hydrogen-bond donors (Lipinski definition) is 1. The van der Waals surface area contributed by atoms with Crippen molar-refractivity contribution in [3.8, 4) is 11.3 Å². The predicted octanol–water partition coefficient (Wildman–Crippen LogP) is 4.14. The molecule has 0 unspecified atom stereocenters. The minimum absolute atomic E-state index is 0.649. The molecule has 0 fully saturated rings. The molecule has 0 amide bonds. The van der Waals surface area contributed by atoms with E-state index in [4.69, 9.17) is 17.3 Å². The fourth-order valence-electron chi connectivity index (χ4n) is 2.36.